The van der Waals surface area contributed by atoms with Crippen molar-refractivity contribution in [2.75, 3.05) is 4.90 Å². The highest BCUT2D eigenvalue weighted by molar-refractivity contribution is 7.20. The Labute approximate surface area is 319 Å². The summed E-state index contributed by atoms with van der Waals surface area (Å²) in [6.07, 6.45) is 16.2. The summed E-state index contributed by atoms with van der Waals surface area (Å²) >= 11 is 1.82. The lowest BCUT2D eigenvalue weighted by molar-refractivity contribution is 0.644. The van der Waals surface area contributed by atoms with Crippen LogP contribution in [-0.4, -0.2) is 6.04 Å². The molecule has 0 radical (unpaired) electrons. The zero-order valence-corrected chi connectivity index (χ0v) is 31.9. The normalized spacial score (nSPS) is 16.2. The molecule has 260 valence electrons. The maximum atomic E-state index is 4.16. The van der Waals surface area contributed by atoms with Gasteiger partial charge in [0.05, 0.1) is 6.04 Å². The van der Waals surface area contributed by atoms with Crippen LogP contribution in [0.5, 0.6) is 0 Å². The fourth-order valence-electron chi connectivity index (χ4n) is 8.39. The molecule has 0 N–H and O–H groups in total. The Morgan fingerprint density at radius 2 is 1.60 bits per heavy atom. The Morgan fingerprint density at radius 3 is 2.38 bits per heavy atom. The first kappa shape index (κ1) is 34.4. The molecule has 2 aliphatic rings. The molecule has 8 rings (SSSR count). The Kier molecular flexibility index (Phi) is 9.10. The van der Waals surface area contributed by atoms with E-state index in [1.54, 1.807) is 0 Å². The van der Waals surface area contributed by atoms with Crippen LogP contribution in [0, 0.1) is 6.92 Å². The number of allylic oxidation sites excluding steroid dienone is 5. The molecule has 5 aromatic carbocycles. The van der Waals surface area contributed by atoms with Gasteiger partial charge in [-0.05, 0) is 124 Å². The van der Waals surface area contributed by atoms with Crippen LogP contribution in [0.4, 0.5) is 11.4 Å². The van der Waals surface area contributed by atoms with Crippen LogP contribution < -0.4 is 4.90 Å². The van der Waals surface area contributed by atoms with Crippen LogP contribution >= 0.6 is 11.3 Å². The SMILES string of the molecule is C=C/C=C(/c1ccc(N(c2cccc(-c3ccc4sc(/C=C\C)c(C=C)c4c3)c2)C2C=C3C(=CC2)c2ccccc2C3(C)C)cc1)c1ccccc1C. The van der Waals surface area contributed by atoms with Gasteiger partial charge in [-0.3, -0.25) is 0 Å². The highest BCUT2D eigenvalue weighted by atomic mass is 32.1. The predicted octanol–water partition coefficient (Wildman–Crippen LogP) is 14.4. The molecule has 6 aromatic rings. The van der Waals surface area contributed by atoms with Gasteiger partial charge in [0.25, 0.3) is 0 Å². The first-order valence-corrected chi connectivity index (χ1v) is 19.4. The van der Waals surface area contributed by atoms with Crippen LogP contribution in [0.15, 0.2) is 164 Å². The van der Waals surface area contributed by atoms with Crippen molar-refractivity contribution in [1.29, 1.82) is 0 Å². The van der Waals surface area contributed by atoms with Gasteiger partial charge in [0.15, 0.2) is 0 Å². The van der Waals surface area contributed by atoms with E-state index in [0.717, 1.165) is 6.42 Å². The van der Waals surface area contributed by atoms with Gasteiger partial charge in [0.1, 0.15) is 0 Å². The summed E-state index contributed by atoms with van der Waals surface area (Å²) in [5.74, 6) is 0. The van der Waals surface area contributed by atoms with Crippen LogP contribution in [-0.2, 0) is 5.41 Å². The first-order chi connectivity index (χ1) is 25.8. The van der Waals surface area contributed by atoms with E-state index in [9.17, 15) is 0 Å². The lowest BCUT2D eigenvalue weighted by Gasteiger charge is -2.36. The van der Waals surface area contributed by atoms with E-state index in [4.69, 9.17) is 0 Å². The second-order valence-electron chi connectivity index (χ2n) is 14.6. The molecule has 0 fully saturated rings. The highest BCUT2D eigenvalue weighted by Gasteiger charge is 2.40. The molecule has 2 heteroatoms. The average molecular weight is 704 g/mol. The van der Waals surface area contributed by atoms with Gasteiger partial charge in [-0.15, -0.1) is 11.3 Å². The molecule has 1 atom stereocenters. The Morgan fingerprint density at radius 1 is 0.830 bits per heavy atom. The number of hydrogen-bond donors (Lipinski definition) is 0. The number of benzene rings is 5. The third-order valence-electron chi connectivity index (χ3n) is 11.0. The maximum Gasteiger partial charge on any atom is 0.0563 e. The lowest BCUT2D eigenvalue weighted by Crippen LogP contribution is -2.32. The molecule has 1 unspecified atom stereocenters. The Bertz CT molecular complexity index is 2510. The topological polar surface area (TPSA) is 3.24 Å². The van der Waals surface area contributed by atoms with Gasteiger partial charge in [-0.25, -0.2) is 0 Å². The van der Waals surface area contributed by atoms with Crippen molar-refractivity contribution >= 4 is 56.1 Å². The van der Waals surface area contributed by atoms with E-state index in [1.165, 1.54) is 87.6 Å². The van der Waals surface area contributed by atoms with Gasteiger partial charge in [0.2, 0.25) is 0 Å². The summed E-state index contributed by atoms with van der Waals surface area (Å²) < 4.78 is 1.28. The third-order valence-corrected chi connectivity index (χ3v) is 12.2. The van der Waals surface area contributed by atoms with E-state index >= 15 is 0 Å². The largest absolute Gasteiger partial charge is 0.334 e. The van der Waals surface area contributed by atoms with Gasteiger partial charge >= 0.3 is 0 Å². The molecule has 0 bridgehead atoms. The van der Waals surface area contributed by atoms with Gasteiger partial charge in [0, 0.05) is 31.8 Å². The minimum atomic E-state index is -0.0684. The van der Waals surface area contributed by atoms with Crippen molar-refractivity contribution in [3.05, 3.63) is 203 Å². The van der Waals surface area contributed by atoms with E-state index in [2.05, 4.69) is 191 Å². The van der Waals surface area contributed by atoms with Crippen molar-refractivity contribution in [1.82, 2.24) is 0 Å². The summed E-state index contributed by atoms with van der Waals surface area (Å²) in [6, 6.07) is 42.7. The number of aryl methyl sites for hydroxylation is 1. The van der Waals surface area contributed by atoms with Gasteiger partial charge in [-0.2, -0.15) is 0 Å². The number of nitrogens with zero attached hydrogens (tertiary/aromatic N) is 1. The first-order valence-electron chi connectivity index (χ1n) is 18.6. The molecule has 2 aliphatic carbocycles. The summed E-state index contributed by atoms with van der Waals surface area (Å²) in [7, 11) is 0. The molecular weight excluding hydrogens is 659 g/mol. The van der Waals surface area contributed by atoms with Crippen molar-refractivity contribution < 1.29 is 0 Å². The number of fused-ring (bicyclic) bond motifs is 4. The third kappa shape index (κ3) is 6.07. The van der Waals surface area contributed by atoms with E-state index in [1.807, 2.05) is 23.5 Å². The van der Waals surface area contributed by atoms with Crippen molar-refractivity contribution in [2.45, 2.75) is 45.6 Å². The second-order valence-corrected chi connectivity index (χ2v) is 15.6. The second kappa shape index (κ2) is 14.0. The van der Waals surface area contributed by atoms with Crippen LogP contribution in [0.2, 0.25) is 0 Å². The zero-order chi connectivity index (χ0) is 36.7. The summed E-state index contributed by atoms with van der Waals surface area (Å²) in [5, 5.41) is 1.25. The summed E-state index contributed by atoms with van der Waals surface area (Å²) in [4.78, 5) is 3.79. The van der Waals surface area contributed by atoms with Crippen LogP contribution in [0.3, 0.4) is 0 Å². The van der Waals surface area contributed by atoms with Gasteiger partial charge < -0.3 is 4.90 Å². The summed E-state index contributed by atoms with van der Waals surface area (Å²) in [5.41, 5.74) is 16.3. The number of hydrogen-bond acceptors (Lipinski definition) is 2. The van der Waals surface area contributed by atoms with Gasteiger partial charge in [-0.1, -0.05) is 142 Å². The number of anilines is 2. The van der Waals surface area contributed by atoms with Crippen LogP contribution in [0.1, 0.15) is 65.4 Å². The Hall–Kier alpha value is -5.70. The molecule has 0 saturated carbocycles. The molecule has 0 amide bonds. The molecule has 0 saturated heterocycles. The molecule has 1 aromatic heterocycles. The van der Waals surface area contributed by atoms with Crippen molar-refractivity contribution in [3.8, 4) is 11.1 Å². The quantitative estimate of drug-likeness (QED) is 0.136. The average Bonchev–Trinajstić information content (AvgIpc) is 3.65. The standard InChI is InChI=1S/C51H45NS/c1-7-15-43(42-20-11-10-17-34(42)4)35-23-26-38(27-24-35)52(40-28-29-45-44-21-12-13-22-47(44)51(5,6)48(45)33-40)39-19-14-18-36(31-39)37-25-30-50-46(32-37)41(9-3)49(53-50)16-8-2/h7-27,29-33,40H,1,3,28H2,2,4-6H3/b16-8-,43-15-. The maximum absolute atomic E-state index is 4.16. The molecule has 53 heavy (non-hydrogen) atoms. The molecular formula is C51H45NS. The summed E-state index contributed by atoms with van der Waals surface area (Å²) in [6.45, 7) is 17.2. The smallest absolute Gasteiger partial charge is 0.0563 e. The molecule has 1 nitrogen and oxygen atoms in total. The predicted molar refractivity (Wildman–Crippen MR) is 233 cm³/mol. The van der Waals surface area contributed by atoms with Crippen LogP contribution in [0.25, 0.3) is 44.5 Å². The number of thiophene rings is 1. The fraction of sp³-hybridized carbons (Fsp3) is 0.137. The minimum absolute atomic E-state index is 0.0684. The fourth-order valence-corrected chi connectivity index (χ4v) is 9.55. The molecule has 0 spiro atoms. The Balaban J connectivity index is 1.24. The number of rotatable bonds is 9. The van der Waals surface area contributed by atoms with E-state index in [0.29, 0.717) is 0 Å². The van der Waals surface area contributed by atoms with Crippen molar-refractivity contribution in [2.24, 2.45) is 0 Å². The van der Waals surface area contributed by atoms with E-state index in [-0.39, 0.29) is 11.5 Å². The minimum Gasteiger partial charge on any atom is -0.334 e. The lowest BCUT2D eigenvalue weighted by atomic mass is 9.79. The monoisotopic (exact) mass is 703 g/mol. The molecule has 0 aliphatic heterocycles. The zero-order valence-electron chi connectivity index (χ0n) is 31.1. The van der Waals surface area contributed by atoms with E-state index < -0.39 is 0 Å². The van der Waals surface area contributed by atoms with Crippen molar-refractivity contribution in [3.63, 3.8) is 0 Å². The molecule has 1 heterocycles. The highest BCUT2D eigenvalue weighted by Crippen LogP contribution is 2.52.